The maximum atomic E-state index is 8.61. The average Bonchev–Trinajstić information content (AvgIpc) is 2.51. The first-order valence-corrected chi connectivity index (χ1v) is 9.03. The summed E-state index contributed by atoms with van der Waals surface area (Å²) in [4.78, 5) is 0. The Hall–Kier alpha value is -1.10. The third-order valence-electron chi connectivity index (χ3n) is 3.50. The van der Waals surface area contributed by atoms with Gasteiger partial charge in [-0.05, 0) is 41.9 Å². The molecule has 0 radical (unpaired) electrons. The van der Waals surface area contributed by atoms with E-state index in [1.54, 1.807) is 0 Å². The lowest BCUT2D eigenvalue weighted by molar-refractivity contribution is 0.0246. The molecule has 0 spiro atoms. The fourth-order valence-corrected chi connectivity index (χ4v) is 2.54. The molecule has 0 unspecified atom stereocenters. The summed E-state index contributed by atoms with van der Waals surface area (Å²) in [5, 5.41) is 8.61. The van der Waals surface area contributed by atoms with Crippen molar-refractivity contribution in [2.75, 3.05) is 39.6 Å². The summed E-state index contributed by atoms with van der Waals surface area (Å²) >= 11 is 0. The topological polar surface area (TPSA) is 47.9 Å². The van der Waals surface area contributed by atoms with Crippen LogP contribution in [0.4, 0.5) is 0 Å². The maximum Gasteiger partial charge on any atom is 0.122 e. The SMILES string of the molecule is CC(C)Cc1ccc(CC(C)C)c(OCCOCCOCCO)c1. The summed E-state index contributed by atoms with van der Waals surface area (Å²) in [6.45, 7) is 11.4. The molecule has 24 heavy (non-hydrogen) atoms. The molecule has 0 atom stereocenters. The molecule has 0 aliphatic carbocycles. The number of hydrogen-bond acceptors (Lipinski definition) is 4. The van der Waals surface area contributed by atoms with Crippen molar-refractivity contribution in [1.29, 1.82) is 0 Å². The van der Waals surface area contributed by atoms with E-state index in [9.17, 15) is 0 Å². The van der Waals surface area contributed by atoms with Gasteiger partial charge in [0.15, 0.2) is 0 Å². The van der Waals surface area contributed by atoms with Crippen LogP contribution in [-0.4, -0.2) is 44.7 Å². The summed E-state index contributed by atoms with van der Waals surface area (Å²) in [5.41, 5.74) is 2.59. The summed E-state index contributed by atoms with van der Waals surface area (Å²) < 4.78 is 16.6. The second kappa shape index (κ2) is 12.3. The highest BCUT2D eigenvalue weighted by atomic mass is 16.5. The van der Waals surface area contributed by atoms with E-state index in [4.69, 9.17) is 19.3 Å². The average molecular weight is 338 g/mol. The molecule has 0 bridgehead atoms. The molecule has 0 saturated carbocycles. The molecule has 0 heterocycles. The Balaban J connectivity index is 2.47. The number of benzene rings is 1. The van der Waals surface area contributed by atoms with Crippen LogP contribution in [0.25, 0.3) is 0 Å². The van der Waals surface area contributed by atoms with E-state index in [2.05, 4.69) is 45.9 Å². The van der Waals surface area contributed by atoms with Crippen LogP contribution in [0, 0.1) is 11.8 Å². The quantitative estimate of drug-likeness (QED) is 0.559. The zero-order valence-electron chi connectivity index (χ0n) is 15.7. The molecule has 1 aromatic rings. The third kappa shape index (κ3) is 9.26. The molecule has 1 rings (SSSR count). The molecule has 0 amide bonds. The molecule has 4 heteroatoms. The second-order valence-corrected chi connectivity index (χ2v) is 6.93. The summed E-state index contributed by atoms with van der Waals surface area (Å²) in [6, 6.07) is 6.61. The minimum absolute atomic E-state index is 0.0501. The highest BCUT2D eigenvalue weighted by Crippen LogP contribution is 2.25. The van der Waals surface area contributed by atoms with Crippen molar-refractivity contribution in [3.63, 3.8) is 0 Å². The van der Waals surface area contributed by atoms with Gasteiger partial charge in [-0.15, -0.1) is 0 Å². The van der Waals surface area contributed by atoms with Gasteiger partial charge in [-0.2, -0.15) is 0 Å². The van der Waals surface area contributed by atoms with Gasteiger partial charge in [0, 0.05) is 0 Å². The first kappa shape index (κ1) is 20.9. The number of rotatable bonds is 13. The van der Waals surface area contributed by atoms with E-state index in [0.717, 1.165) is 18.6 Å². The minimum atomic E-state index is 0.0501. The van der Waals surface area contributed by atoms with Crippen LogP contribution in [0.5, 0.6) is 5.75 Å². The molecule has 0 aromatic heterocycles. The summed E-state index contributed by atoms with van der Waals surface area (Å²) in [5.74, 6) is 2.22. The largest absolute Gasteiger partial charge is 0.491 e. The summed E-state index contributed by atoms with van der Waals surface area (Å²) in [6.07, 6.45) is 2.09. The Kier molecular flexibility index (Phi) is 10.7. The molecule has 138 valence electrons. The third-order valence-corrected chi connectivity index (χ3v) is 3.50. The normalized spacial score (nSPS) is 11.5. The highest BCUT2D eigenvalue weighted by molar-refractivity contribution is 5.38. The molecular formula is C20H34O4. The van der Waals surface area contributed by atoms with Crippen LogP contribution >= 0.6 is 0 Å². The van der Waals surface area contributed by atoms with Gasteiger partial charge in [-0.3, -0.25) is 0 Å². The van der Waals surface area contributed by atoms with E-state index in [-0.39, 0.29) is 6.61 Å². The molecule has 0 aliphatic rings. The van der Waals surface area contributed by atoms with Gasteiger partial charge in [0.05, 0.1) is 33.0 Å². The smallest absolute Gasteiger partial charge is 0.122 e. The number of aliphatic hydroxyl groups excluding tert-OH is 1. The lowest BCUT2D eigenvalue weighted by atomic mass is 9.97. The van der Waals surface area contributed by atoms with Crippen molar-refractivity contribution in [2.45, 2.75) is 40.5 Å². The summed E-state index contributed by atoms with van der Waals surface area (Å²) in [7, 11) is 0. The van der Waals surface area contributed by atoms with Crippen LogP contribution in [0.2, 0.25) is 0 Å². The zero-order valence-corrected chi connectivity index (χ0v) is 15.7. The zero-order chi connectivity index (χ0) is 17.8. The Morgan fingerprint density at radius 1 is 0.833 bits per heavy atom. The highest BCUT2D eigenvalue weighted by Gasteiger charge is 2.09. The van der Waals surface area contributed by atoms with Crippen molar-refractivity contribution in [2.24, 2.45) is 11.8 Å². The maximum absolute atomic E-state index is 8.61. The fraction of sp³-hybridized carbons (Fsp3) is 0.700. The second-order valence-electron chi connectivity index (χ2n) is 6.93. The van der Waals surface area contributed by atoms with Gasteiger partial charge in [0.2, 0.25) is 0 Å². The van der Waals surface area contributed by atoms with Gasteiger partial charge >= 0.3 is 0 Å². The molecule has 1 aromatic carbocycles. The standard InChI is InChI=1S/C20H34O4/c1-16(2)13-18-5-6-19(14-17(3)4)20(15-18)24-12-11-23-10-9-22-8-7-21/h5-6,15-17,21H,7-14H2,1-4H3. The lowest BCUT2D eigenvalue weighted by Gasteiger charge is -2.16. The number of hydrogen-bond donors (Lipinski definition) is 1. The predicted octanol–water partition coefficient (Wildman–Crippen LogP) is 3.49. The molecule has 0 aliphatic heterocycles. The van der Waals surface area contributed by atoms with Crippen LogP contribution in [0.15, 0.2) is 18.2 Å². The van der Waals surface area contributed by atoms with Crippen molar-refractivity contribution >= 4 is 0 Å². The Bertz CT molecular complexity index is 443. The van der Waals surface area contributed by atoms with Crippen LogP contribution in [-0.2, 0) is 22.3 Å². The Morgan fingerprint density at radius 3 is 2.08 bits per heavy atom. The van der Waals surface area contributed by atoms with Gasteiger partial charge in [-0.1, -0.05) is 39.8 Å². The fourth-order valence-electron chi connectivity index (χ4n) is 2.54. The number of aliphatic hydroxyl groups is 1. The number of ether oxygens (including phenoxy) is 3. The minimum Gasteiger partial charge on any atom is -0.491 e. The Morgan fingerprint density at radius 2 is 1.46 bits per heavy atom. The molecule has 0 fully saturated rings. The monoisotopic (exact) mass is 338 g/mol. The molecule has 1 N–H and O–H groups in total. The van der Waals surface area contributed by atoms with E-state index >= 15 is 0 Å². The van der Waals surface area contributed by atoms with E-state index < -0.39 is 0 Å². The predicted molar refractivity (Wildman–Crippen MR) is 97.7 cm³/mol. The van der Waals surface area contributed by atoms with Crippen molar-refractivity contribution in [3.8, 4) is 5.75 Å². The van der Waals surface area contributed by atoms with Crippen molar-refractivity contribution < 1.29 is 19.3 Å². The van der Waals surface area contributed by atoms with E-state index in [1.165, 1.54) is 11.1 Å². The van der Waals surface area contributed by atoms with Crippen molar-refractivity contribution in [3.05, 3.63) is 29.3 Å². The van der Waals surface area contributed by atoms with E-state index in [1.807, 2.05) is 0 Å². The van der Waals surface area contributed by atoms with Gasteiger partial charge in [0.1, 0.15) is 12.4 Å². The van der Waals surface area contributed by atoms with Gasteiger partial charge in [0.25, 0.3) is 0 Å². The van der Waals surface area contributed by atoms with Crippen molar-refractivity contribution in [1.82, 2.24) is 0 Å². The Labute approximate surface area is 147 Å². The van der Waals surface area contributed by atoms with E-state index in [0.29, 0.717) is 44.9 Å². The lowest BCUT2D eigenvalue weighted by Crippen LogP contribution is -2.13. The molecule has 4 nitrogen and oxygen atoms in total. The molecule has 0 saturated heterocycles. The van der Waals surface area contributed by atoms with Crippen LogP contribution in [0.3, 0.4) is 0 Å². The van der Waals surface area contributed by atoms with Crippen LogP contribution < -0.4 is 4.74 Å². The van der Waals surface area contributed by atoms with Gasteiger partial charge in [-0.25, -0.2) is 0 Å². The van der Waals surface area contributed by atoms with Gasteiger partial charge < -0.3 is 19.3 Å². The first-order valence-electron chi connectivity index (χ1n) is 9.03. The van der Waals surface area contributed by atoms with Crippen LogP contribution in [0.1, 0.15) is 38.8 Å². The molecular weight excluding hydrogens is 304 g/mol. The first-order chi connectivity index (χ1) is 11.5.